The third kappa shape index (κ3) is 5.12. The Morgan fingerprint density at radius 1 is 1.15 bits per heavy atom. The Hall–Kier alpha value is -1.92. The molecule has 0 aromatic heterocycles. The van der Waals surface area contributed by atoms with E-state index < -0.39 is 5.54 Å². The van der Waals surface area contributed by atoms with Crippen LogP contribution >= 0.6 is 0 Å². The van der Waals surface area contributed by atoms with Gasteiger partial charge in [0.2, 0.25) is 11.8 Å². The molecule has 1 aromatic rings. The molecule has 182 valence electrons. The first kappa shape index (κ1) is 24.2. The summed E-state index contributed by atoms with van der Waals surface area (Å²) < 4.78 is 0. The van der Waals surface area contributed by atoms with E-state index in [1.54, 1.807) is 0 Å². The second kappa shape index (κ2) is 10.1. The van der Waals surface area contributed by atoms with Crippen molar-refractivity contribution in [2.45, 2.75) is 76.7 Å². The minimum absolute atomic E-state index is 0.182. The van der Waals surface area contributed by atoms with Crippen molar-refractivity contribution in [2.24, 2.45) is 11.8 Å². The molecule has 1 aromatic carbocycles. The lowest BCUT2D eigenvalue weighted by atomic mass is 9.77. The summed E-state index contributed by atoms with van der Waals surface area (Å²) in [5.74, 6) is 1.25. The molecular formula is C27H42N4O2. The van der Waals surface area contributed by atoms with E-state index in [1.807, 2.05) is 17.9 Å². The van der Waals surface area contributed by atoms with Gasteiger partial charge >= 0.3 is 0 Å². The van der Waals surface area contributed by atoms with Crippen LogP contribution in [0.25, 0.3) is 0 Å². The van der Waals surface area contributed by atoms with Crippen molar-refractivity contribution in [1.82, 2.24) is 20.4 Å². The van der Waals surface area contributed by atoms with E-state index >= 15 is 0 Å². The Morgan fingerprint density at radius 3 is 2.58 bits per heavy atom. The summed E-state index contributed by atoms with van der Waals surface area (Å²) >= 11 is 0. The summed E-state index contributed by atoms with van der Waals surface area (Å²) in [4.78, 5) is 31.5. The third-order valence-corrected chi connectivity index (χ3v) is 7.96. The third-order valence-electron chi connectivity index (χ3n) is 7.96. The van der Waals surface area contributed by atoms with Gasteiger partial charge in [0, 0.05) is 26.3 Å². The topological polar surface area (TPSA) is 64.7 Å². The lowest BCUT2D eigenvalue weighted by Gasteiger charge is -2.41. The number of nitrogens with one attached hydrogen (secondary N) is 2. The molecule has 2 saturated heterocycles. The molecule has 6 heteroatoms. The summed E-state index contributed by atoms with van der Waals surface area (Å²) in [6.45, 7) is 9.88. The highest BCUT2D eigenvalue weighted by Crippen LogP contribution is 2.43. The van der Waals surface area contributed by atoms with Gasteiger partial charge in [-0.3, -0.25) is 20.2 Å². The van der Waals surface area contributed by atoms with Crippen LogP contribution in [0.3, 0.4) is 0 Å². The van der Waals surface area contributed by atoms with Crippen molar-refractivity contribution in [3.05, 3.63) is 35.9 Å². The Morgan fingerprint density at radius 2 is 1.88 bits per heavy atom. The molecular weight excluding hydrogens is 412 g/mol. The molecule has 6 nitrogen and oxygen atoms in total. The molecule has 0 bridgehead atoms. The molecule has 0 spiro atoms. The fourth-order valence-corrected chi connectivity index (χ4v) is 6.44. The van der Waals surface area contributed by atoms with Crippen LogP contribution in [-0.4, -0.2) is 60.1 Å². The fourth-order valence-electron chi connectivity index (χ4n) is 6.44. The molecule has 1 aliphatic carbocycles. The summed E-state index contributed by atoms with van der Waals surface area (Å²) in [6, 6.07) is 10.4. The van der Waals surface area contributed by atoms with Gasteiger partial charge in [-0.2, -0.15) is 0 Å². The summed E-state index contributed by atoms with van der Waals surface area (Å²) in [5.41, 5.74) is 0.281. The molecule has 2 aliphatic heterocycles. The van der Waals surface area contributed by atoms with Gasteiger partial charge in [-0.25, -0.2) is 0 Å². The zero-order chi connectivity index (χ0) is 23.5. The van der Waals surface area contributed by atoms with Crippen LogP contribution in [0.2, 0.25) is 0 Å². The second-order valence-corrected chi connectivity index (χ2v) is 11.1. The van der Waals surface area contributed by atoms with E-state index in [-0.39, 0.29) is 11.3 Å². The van der Waals surface area contributed by atoms with Gasteiger partial charge in [-0.1, -0.05) is 57.0 Å². The van der Waals surface area contributed by atoms with E-state index in [2.05, 4.69) is 53.6 Å². The zero-order valence-electron chi connectivity index (χ0n) is 20.7. The number of benzene rings is 1. The molecule has 3 aliphatic rings. The van der Waals surface area contributed by atoms with E-state index in [1.165, 1.54) is 5.56 Å². The van der Waals surface area contributed by atoms with E-state index in [4.69, 9.17) is 0 Å². The molecule has 4 rings (SSSR count). The number of nitrogens with zero attached hydrogens (tertiary/aromatic N) is 2. The minimum Gasteiger partial charge on any atom is -0.342 e. The van der Waals surface area contributed by atoms with Crippen LogP contribution < -0.4 is 10.6 Å². The maximum absolute atomic E-state index is 13.9. The highest BCUT2D eigenvalue weighted by atomic mass is 16.2. The number of rotatable bonds is 6. The Labute approximate surface area is 199 Å². The van der Waals surface area contributed by atoms with Crippen molar-refractivity contribution >= 4 is 11.8 Å². The van der Waals surface area contributed by atoms with Gasteiger partial charge in [0.1, 0.15) is 0 Å². The molecule has 0 radical (unpaired) electrons. The number of carbonyl (C=O) groups is 2. The van der Waals surface area contributed by atoms with Gasteiger partial charge < -0.3 is 9.80 Å². The summed E-state index contributed by atoms with van der Waals surface area (Å²) in [5, 5.41) is 6.79. The first-order chi connectivity index (χ1) is 15.8. The average molecular weight is 455 g/mol. The van der Waals surface area contributed by atoms with Crippen molar-refractivity contribution in [2.75, 3.05) is 33.0 Å². The average Bonchev–Trinajstić information content (AvgIpc) is 3.27. The molecule has 2 amide bonds. The van der Waals surface area contributed by atoms with E-state index in [0.717, 1.165) is 58.0 Å². The number of carbonyl (C=O) groups excluding carboxylic acids is 2. The lowest BCUT2D eigenvalue weighted by Crippen LogP contribution is -2.56. The van der Waals surface area contributed by atoms with Crippen molar-refractivity contribution < 1.29 is 9.59 Å². The fraction of sp³-hybridized carbons (Fsp3) is 0.704. The van der Waals surface area contributed by atoms with Gasteiger partial charge in [0.15, 0.2) is 0 Å². The summed E-state index contributed by atoms with van der Waals surface area (Å²) in [7, 11) is 0. The number of hydrogen-bond acceptors (Lipinski definition) is 4. The van der Waals surface area contributed by atoms with Crippen molar-refractivity contribution in [1.29, 1.82) is 0 Å². The van der Waals surface area contributed by atoms with Gasteiger partial charge in [-0.15, -0.1) is 0 Å². The molecule has 2 N–H and O–H groups in total. The van der Waals surface area contributed by atoms with Gasteiger partial charge in [0.25, 0.3) is 0 Å². The Kier molecular flexibility index (Phi) is 7.44. The number of amides is 2. The van der Waals surface area contributed by atoms with Crippen LogP contribution in [0, 0.1) is 11.8 Å². The molecule has 3 fully saturated rings. The van der Waals surface area contributed by atoms with Crippen LogP contribution in [0.15, 0.2) is 30.3 Å². The van der Waals surface area contributed by atoms with E-state index in [9.17, 15) is 9.59 Å². The predicted molar refractivity (Wildman–Crippen MR) is 131 cm³/mol. The smallest absolute Gasteiger partial charge is 0.243 e. The Bertz CT molecular complexity index is 821. The van der Waals surface area contributed by atoms with Crippen LogP contribution in [0.1, 0.15) is 71.3 Å². The predicted octanol–water partition coefficient (Wildman–Crippen LogP) is 3.48. The van der Waals surface area contributed by atoms with Gasteiger partial charge in [-0.05, 0) is 56.4 Å². The maximum atomic E-state index is 13.9. The SMILES string of the molecule is CC(C)CC1(C)NCNCN(CC2CCCN(C(=O)C3(c4ccccc4)CCCC3)C2)C1=O. The monoisotopic (exact) mass is 454 g/mol. The zero-order valence-corrected chi connectivity index (χ0v) is 20.7. The minimum atomic E-state index is -0.539. The second-order valence-electron chi connectivity index (χ2n) is 11.1. The maximum Gasteiger partial charge on any atom is 0.243 e. The first-order valence-electron chi connectivity index (χ1n) is 12.9. The van der Waals surface area contributed by atoms with Crippen molar-refractivity contribution in [3.8, 4) is 0 Å². The van der Waals surface area contributed by atoms with Crippen LogP contribution in [0.5, 0.6) is 0 Å². The summed E-state index contributed by atoms with van der Waals surface area (Å²) in [6.07, 6.45) is 7.04. The molecule has 1 saturated carbocycles. The van der Waals surface area contributed by atoms with Crippen LogP contribution in [0.4, 0.5) is 0 Å². The highest BCUT2D eigenvalue weighted by Gasteiger charge is 2.46. The molecule has 33 heavy (non-hydrogen) atoms. The lowest BCUT2D eigenvalue weighted by molar-refractivity contribution is -0.141. The molecule has 2 atom stereocenters. The van der Waals surface area contributed by atoms with E-state index in [0.29, 0.717) is 37.6 Å². The number of likely N-dealkylation sites (tertiary alicyclic amines) is 1. The standard InChI is InChI=1S/C27H42N4O2/c1-21(2)16-26(3)24(32)31(20-28-19-29-26)18-22-10-9-15-30(17-22)25(33)27(13-7-8-14-27)23-11-5-4-6-12-23/h4-6,11-12,21-22,28-29H,7-10,13-20H2,1-3H3. The first-order valence-corrected chi connectivity index (χ1v) is 12.9. The van der Waals surface area contributed by atoms with Crippen molar-refractivity contribution in [3.63, 3.8) is 0 Å². The Balaban J connectivity index is 1.46. The largest absolute Gasteiger partial charge is 0.342 e. The number of hydrogen-bond donors (Lipinski definition) is 2. The molecule has 2 unspecified atom stereocenters. The normalized spacial score (nSPS) is 28.2. The van der Waals surface area contributed by atoms with Crippen LogP contribution in [-0.2, 0) is 15.0 Å². The van der Waals surface area contributed by atoms with Gasteiger partial charge in [0.05, 0.1) is 17.6 Å². The number of piperidine rings is 1. The molecule has 2 heterocycles. The highest BCUT2D eigenvalue weighted by molar-refractivity contribution is 5.89. The quantitative estimate of drug-likeness (QED) is 0.691.